The molecule has 0 saturated heterocycles. The van der Waals surface area contributed by atoms with Gasteiger partial charge in [-0.15, -0.1) is 11.8 Å². The fourth-order valence-electron chi connectivity index (χ4n) is 3.13. The molecule has 4 rings (SSSR count). The highest BCUT2D eigenvalue weighted by molar-refractivity contribution is 7.99. The molecule has 0 bridgehead atoms. The number of aromatic amines is 1. The Bertz CT molecular complexity index is 1110. The summed E-state index contributed by atoms with van der Waals surface area (Å²) in [7, 11) is 0. The maximum absolute atomic E-state index is 13.7. The van der Waals surface area contributed by atoms with Crippen LogP contribution in [0.3, 0.4) is 0 Å². The lowest BCUT2D eigenvalue weighted by atomic mass is 10.1. The molecule has 0 aliphatic heterocycles. The summed E-state index contributed by atoms with van der Waals surface area (Å²) in [6.45, 7) is 0.450. The van der Waals surface area contributed by atoms with Crippen molar-refractivity contribution in [3.05, 3.63) is 90.2 Å². The molecule has 3 aromatic carbocycles. The second kappa shape index (κ2) is 8.31. The second-order valence-corrected chi connectivity index (χ2v) is 7.43. The van der Waals surface area contributed by atoms with Gasteiger partial charge in [-0.25, -0.2) is 4.39 Å². The van der Waals surface area contributed by atoms with Crippen molar-refractivity contribution in [1.29, 1.82) is 0 Å². The Kier molecular flexibility index (Phi) is 5.44. The zero-order valence-corrected chi connectivity index (χ0v) is 15.9. The van der Waals surface area contributed by atoms with Gasteiger partial charge in [0, 0.05) is 28.1 Å². The van der Waals surface area contributed by atoms with Gasteiger partial charge in [0.1, 0.15) is 5.82 Å². The highest BCUT2D eigenvalue weighted by atomic mass is 32.2. The van der Waals surface area contributed by atoms with Gasteiger partial charge >= 0.3 is 0 Å². The van der Waals surface area contributed by atoms with Crippen LogP contribution in [0.2, 0.25) is 0 Å². The van der Waals surface area contributed by atoms with E-state index >= 15 is 0 Å². The molecule has 0 aliphatic rings. The first-order valence-corrected chi connectivity index (χ1v) is 10.0. The minimum absolute atomic E-state index is 0.0737. The molecule has 0 aliphatic carbocycles. The molecule has 4 aromatic rings. The number of fused-ring (bicyclic) bond motifs is 1. The van der Waals surface area contributed by atoms with Crippen LogP contribution in [0.15, 0.2) is 83.8 Å². The molecule has 3 nitrogen and oxygen atoms in total. The standard InChI is InChI=1S/C23H19FN2OS/c24-19-12-6-4-10-17(19)23(27)25-14-15-28-22-18-11-5-7-13-20(18)26-21(22)16-8-2-1-3-9-16/h1-13,26H,14-15H2,(H,25,27). The molecule has 0 fully saturated rings. The second-order valence-electron chi connectivity index (χ2n) is 6.32. The zero-order valence-electron chi connectivity index (χ0n) is 15.1. The number of hydrogen-bond acceptors (Lipinski definition) is 2. The molecule has 28 heavy (non-hydrogen) atoms. The van der Waals surface area contributed by atoms with E-state index in [9.17, 15) is 9.18 Å². The Balaban J connectivity index is 1.49. The fourth-order valence-corrected chi connectivity index (χ4v) is 4.19. The largest absolute Gasteiger partial charge is 0.354 e. The number of benzene rings is 3. The van der Waals surface area contributed by atoms with E-state index in [2.05, 4.69) is 34.6 Å². The Morgan fingerprint density at radius 2 is 1.64 bits per heavy atom. The number of para-hydroxylation sites is 1. The first-order chi connectivity index (χ1) is 13.7. The molecule has 0 unspecified atom stereocenters. The molecule has 5 heteroatoms. The number of amides is 1. The van der Waals surface area contributed by atoms with Crippen molar-refractivity contribution in [3.63, 3.8) is 0 Å². The summed E-state index contributed by atoms with van der Waals surface area (Å²) in [4.78, 5) is 16.8. The van der Waals surface area contributed by atoms with Crippen molar-refractivity contribution >= 4 is 28.6 Å². The smallest absolute Gasteiger partial charge is 0.254 e. The number of nitrogens with one attached hydrogen (secondary N) is 2. The first kappa shape index (κ1) is 18.3. The van der Waals surface area contributed by atoms with Crippen LogP contribution in [0.25, 0.3) is 22.2 Å². The SMILES string of the molecule is O=C(NCCSc1c(-c2ccccc2)[nH]c2ccccc12)c1ccccc1F. The van der Waals surface area contributed by atoms with Gasteiger partial charge < -0.3 is 10.3 Å². The van der Waals surface area contributed by atoms with E-state index in [4.69, 9.17) is 0 Å². The van der Waals surface area contributed by atoms with E-state index in [1.807, 2.05) is 30.3 Å². The average molecular weight is 390 g/mol. The number of H-pyrrole nitrogens is 1. The summed E-state index contributed by atoms with van der Waals surface area (Å²) in [6.07, 6.45) is 0. The summed E-state index contributed by atoms with van der Waals surface area (Å²) < 4.78 is 13.7. The van der Waals surface area contributed by atoms with E-state index in [-0.39, 0.29) is 11.5 Å². The number of thioether (sulfide) groups is 1. The summed E-state index contributed by atoms with van der Waals surface area (Å²) in [6, 6.07) is 24.4. The Labute approximate surface area is 167 Å². The molecule has 0 atom stereocenters. The normalized spacial score (nSPS) is 10.9. The van der Waals surface area contributed by atoms with E-state index in [1.165, 1.54) is 12.1 Å². The van der Waals surface area contributed by atoms with Crippen molar-refractivity contribution in [2.45, 2.75) is 4.90 Å². The number of carbonyl (C=O) groups excluding carboxylic acids is 1. The van der Waals surface area contributed by atoms with Crippen molar-refractivity contribution in [2.75, 3.05) is 12.3 Å². The third kappa shape index (κ3) is 3.80. The lowest BCUT2D eigenvalue weighted by molar-refractivity contribution is 0.0952. The Morgan fingerprint density at radius 3 is 2.46 bits per heavy atom. The van der Waals surface area contributed by atoms with Crippen molar-refractivity contribution in [3.8, 4) is 11.3 Å². The van der Waals surface area contributed by atoms with Crippen LogP contribution in [0.4, 0.5) is 4.39 Å². The van der Waals surface area contributed by atoms with E-state index < -0.39 is 5.82 Å². The minimum Gasteiger partial charge on any atom is -0.354 e. The molecule has 0 saturated carbocycles. The summed E-state index contributed by atoms with van der Waals surface area (Å²) in [5, 5.41) is 3.96. The van der Waals surface area contributed by atoms with E-state index in [0.29, 0.717) is 12.3 Å². The van der Waals surface area contributed by atoms with Crippen molar-refractivity contribution in [2.24, 2.45) is 0 Å². The molecule has 140 valence electrons. The molecule has 1 amide bonds. The number of hydrogen-bond donors (Lipinski definition) is 2. The third-order valence-electron chi connectivity index (χ3n) is 4.47. The highest BCUT2D eigenvalue weighted by Crippen LogP contribution is 2.37. The van der Waals surface area contributed by atoms with E-state index in [1.54, 1.807) is 23.9 Å². The number of halogens is 1. The number of aromatic nitrogens is 1. The van der Waals surface area contributed by atoms with Gasteiger partial charge in [0.05, 0.1) is 11.3 Å². The van der Waals surface area contributed by atoms with Gasteiger partial charge in [-0.3, -0.25) is 4.79 Å². The minimum atomic E-state index is -0.504. The van der Waals surface area contributed by atoms with Crippen LogP contribution in [-0.4, -0.2) is 23.2 Å². The van der Waals surface area contributed by atoms with Crippen LogP contribution in [-0.2, 0) is 0 Å². The molecular weight excluding hydrogens is 371 g/mol. The van der Waals surface area contributed by atoms with Gasteiger partial charge in [0.25, 0.3) is 5.91 Å². The summed E-state index contributed by atoms with van der Waals surface area (Å²) >= 11 is 1.68. The van der Waals surface area contributed by atoms with Crippen LogP contribution < -0.4 is 5.32 Å². The third-order valence-corrected chi connectivity index (χ3v) is 5.59. The fraction of sp³-hybridized carbons (Fsp3) is 0.0870. The first-order valence-electron chi connectivity index (χ1n) is 9.05. The summed E-state index contributed by atoms with van der Waals surface area (Å²) in [5.41, 5.74) is 3.35. The average Bonchev–Trinajstić information content (AvgIpc) is 3.11. The lowest BCUT2D eigenvalue weighted by Crippen LogP contribution is -2.26. The maximum atomic E-state index is 13.7. The van der Waals surface area contributed by atoms with Gasteiger partial charge in [0.15, 0.2) is 0 Å². The highest BCUT2D eigenvalue weighted by Gasteiger charge is 2.14. The summed E-state index contributed by atoms with van der Waals surface area (Å²) in [5.74, 6) is -0.210. The quantitative estimate of drug-likeness (QED) is 0.337. The van der Waals surface area contributed by atoms with Crippen molar-refractivity contribution in [1.82, 2.24) is 10.3 Å². The van der Waals surface area contributed by atoms with Gasteiger partial charge in [-0.2, -0.15) is 0 Å². The molecule has 0 radical (unpaired) electrons. The van der Waals surface area contributed by atoms with Crippen molar-refractivity contribution < 1.29 is 9.18 Å². The molecule has 1 heterocycles. The Hall–Kier alpha value is -3.05. The van der Waals surface area contributed by atoms with E-state index in [0.717, 1.165) is 27.1 Å². The molecular formula is C23H19FN2OS. The topological polar surface area (TPSA) is 44.9 Å². The molecule has 2 N–H and O–H groups in total. The number of carbonyl (C=O) groups is 1. The van der Waals surface area contributed by atoms with Gasteiger partial charge in [-0.05, 0) is 23.8 Å². The lowest BCUT2D eigenvalue weighted by Gasteiger charge is -2.07. The van der Waals surface area contributed by atoms with Crippen LogP contribution in [0.1, 0.15) is 10.4 Å². The van der Waals surface area contributed by atoms with Crippen LogP contribution in [0.5, 0.6) is 0 Å². The monoisotopic (exact) mass is 390 g/mol. The molecule has 1 aromatic heterocycles. The van der Waals surface area contributed by atoms with Gasteiger partial charge in [0.2, 0.25) is 0 Å². The Morgan fingerprint density at radius 1 is 0.929 bits per heavy atom. The number of rotatable bonds is 6. The van der Waals surface area contributed by atoms with Gasteiger partial charge in [-0.1, -0.05) is 60.7 Å². The maximum Gasteiger partial charge on any atom is 0.254 e. The predicted molar refractivity (Wildman–Crippen MR) is 113 cm³/mol. The zero-order chi connectivity index (χ0) is 19.3. The van der Waals surface area contributed by atoms with Crippen LogP contribution in [0, 0.1) is 5.82 Å². The predicted octanol–water partition coefficient (Wildman–Crippen LogP) is 5.50. The molecule has 0 spiro atoms. The van der Waals surface area contributed by atoms with Crippen LogP contribution >= 0.6 is 11.8 Å².